The standard InChI is InChI=1S/C22H29N3O6S2/c1-22(2,3)33-32-12-11-30-18-17(27)15(13-26)31-20(18)25-10-9-16(24-21(25)29)23-19(28)14-7-5-4-6-8-14/h4-10,15,17-18,20,26-27H,11-13H2,1-3H3,(H,23,24,28,29)/t15-,17-,18-,20-/m1/s1. The maximum atomic E-state index is 12.7. The predicted molar refractivity (Wildman–Crippen MR) is 129 cm³/mol. The first-order valence-electron chi connectivity index (χ1n) is 10.5. The molecule has 0 unspecified atom stereocenters. The number of rotatable bonds is 9. The fourth-order valence-corrected chi connectivity index (χ4v) is 5.28. The zero-order valence-electron chi connectivity index (χ0n) is 18.7. The molecule has 2 aromatic rings. The van der Waals surface area contributed by atoms with Crippen molar-refractivity contribution in [3.63, 3.8) is 0 Å². The molecule has 0 aliphatic carbocycles. The zero-order chi connectivity index (χ0) is 24.0. The Kier molecular flexibility index (Phi) is 8.96. The molecular formula is C22H29N3O6S2. The Balaban J connectivity index is 1.68. The Morgan fingerprint density at radius 1 is 1.27 bits per heavy atom. The van der Waals surface area contributed by atoms with Crippen molar-refractivity contribution in [2.24, 2.45) is 0 Å². The number of anilines is 1. The lowest BCUT2D eigenvalue weighted by atomic mass is 10.1. The van der Waals surface area contributed by atoms with Gasteiger partial charge in [0.05, 0.1) is 13.2 Å². The number of ether oxygens (including phenoxy) is 2. The van der Waals surface area contributed by atoms with Crippen molar-refractivity contribution in [2.45, 2.75) is 50.1 Å². The molecule has 4 atom stereocenters. The van der Waals surface area contributed by atoms with Crippen molar-refractivity contribution >= 4 is 33.3 Å². The molecule has 1 aromatic heterocycles. The fourth-order valence-electron chi connectivity index (χ4n) is 3.16. The van der Waals surface area contributed by atoms with Crippen molar-refractivity contribution < 1.29 is 24.5 Å². The summed E-state index contributed by atoms with van der Waals surface area (Å²) in [7, 11) is 3.39. The molecule has 11 heteroatoms. The van der Waals surface area contributed by atoms with Crippen LogP contribution in [0, 0.1) is 0 Å². The lowest BCUT2D eigenvalue weighted by Gasteiger charge is -2.23. The number of aliphatic hydroxyl groups excluding tert-OH is 2. The van der Waals surface area contributed by atoms with Gasteiger partial charge in [-0.05, 0) is 18.2 Å². The van der Waals surface area contributed by atoms with E-state index in [9.17, 15) is 19.8 Å². The largest absolute Gasteiger partial charge is 0.394 e. The molecule has 1 amide bonds. The van der Waals surface area contributed by atoms with E-state index in [0.717, 1.165) is 0 Å². The van der Waals surface area contributed by atoms with Gasteiger partial charge in [0.15, 0.2) is 6.23 Å². The number of aromatic nitrogens is 2. The van der Waals surface area contributed by atoms with Crippen LogP contribution < -0.4 is 11.0 Å². The molecule has 0 spiro atoms. The van der Waals surface area contributed by atoms with Gasteiger partial charge in [-0.2, -0.15) is 4.98 Å². The smallest absolute Gasteiger partial charge is 0.351 e. The predicted octanol–water partition coefficient (Wildman–Crippen LogP) is 2.31. The van der Waals surface area contributed by atoms with E-state index in [1.807, 2.05) is 0 Å². The summed E-state index contributed by atoms with van der Waals surface area (Å²) in [6, 6.07) is 10.0. The van der Waals surface area contributed by atoms with Gasteiger partial charge in [0.1, 0.15) is 24.1 Å². The van der Waals surface area contributed by atoms with Crippen molar-refractivity contribution in [3.8, 4) is 0 Å². The number of carbonyl (C=O) groups excluding carboxylic acids is 1. The summed E-state index contributed by atoms with van der Waals surface area (Å²) < 4.78 is 12.9. The molecule has 1 fully saturated rings. The van der Waals surface area contributed by atoms with Gasteiger partial charge in [0, 0.05) is 22.3 Å². The number of hydrogen-bond acceptors (Lipinski definition) is 9. The van der Waals surface area contributed by atoms with Crippen LogP contribution in [0.1, 0.15) is 37.4 Å². The molecular weight excluding hydrogens is 466 g/mol. The summed E-state index contributed by atoms with van der Waals surface area (Å²) in [5.74, 6) is 0.384. The van der Waals surface area contributed by atoms with Crippen LogP contribution in [0.4, 0.5) is 5.82 Å². The van der Waals surface area contributed by atoms with Crippen LogP contribution in [0.15, 0.2) is 47.4 Å². The maximum absolute atomic E-state index is 12.7. The third-order valence-electron chi connectivity index (χ3n) is 4.66. The van der Waals surface area contributed by atoms with Gasteiger partial charge >= 0.3 is 5.69 Å². The molecule has 1 aliphatic heterocycles. The molecule has 3 N–H and O–H groups in total. The summed E-state index contributed by atoms with van der Waals surface area (Å²) in [4.78, 5) is 28.9. The second-order valence-electron chi connectivity index (χ2n) is 8.41. The van der Waals surface area contributed by atoms with Gasteiger partial charge in [0.2, 0.25) is 0 Å². The van der Waals surface area contributed by atoms with Crippen molar-refractivity contribution in [2.75, 3.05) is 24.3 Å². The highest BCUT2D eigenvalue weighted by Gasteiger charge is 2.45. The maximum Gasteiger partial charge on any atom is 0.351 e. The highest BCUT2D eigenvalue weighted by molar-refractivity contribution is 8.77. The SMILES string of the molecule is CC(C)(C)SSCCO[C@@H]1[C@H](O)[C@@H](CO)O[C@H]1n1ccc(NC(=O)c2ccccc2)nc1=O. The molecule has 9 nitrogen and oxygen atoms in total. The molecule has 0 saturated carbocycles. The highest BCUT2D eigenvalue weighted by atomic mass is 33.1. The van der Waals surface area contributed by atoms with Gasteiger partial charge in [-0.3, -0.25) is 9.36 Å². The third kappa shape index (κ3) is 7.05. The quantitative estimate of drug-likeness (QED) is 0.355. The van der Waals surface area contributed by atoms with Gasteiger partial charge in [-0.1, -0.05) is 60.6 Å². The summed E-state index contributed by atoms with van der Waals surface area (Å²) in [5, 5.41) is 22.7. The Labute approximate surface area is 200 Å². The molecule has 2 heterocycles. The minimum absolute atomic E-state index is 0.0930. The number of nitrogens with zero attached hydrogens (tertiary/aromatic N) is 2. The van der Waals surface area contributed by atoms with Crippen molar-refractivity contribution in [1.29, 1.82) is 0 Å². The second-order valence-corrected chi connectivity index (χ2v) is 11.7. The number of aliphatic hydroxyl groups is 2. The Morgan fingerprint density at radius 3 is 2.64 bits per heavy atom. The molecule has 1 aliphatic rings. The van der Waals surface area contributed by atoms with E-state index in [2.05, 4.69) is 31.1 Å². The van der Waals surface area contributed by atoms with E-state index in [1.165, 1.54) is 16.8 Å². The van der Waals surface area contributed by atoms with E-state index < -0.39 is 36.8 Å². The number of nitrogens with one attached hydrogen (secondary N) is 1. The molecule has 0 bridgehead atoms. The summed E-state index contributed by atoms with van der Waals surface area (Å²) in [5.41, 5.74) is -0.240. The summed E-state index contributed by atoms with van der Waals surface area (Å²) in [6.45, 7) is 6.27. The third-order valence-corrected chi connectivity index (χ3v) is 7.97. The number of amides is 1. The first kappa shape index (κ1) is 25.7. The van der Waals surface area contributed by atoms with Crippen LogP contribution in [0.25, 0.3) is 0 Å². The molecule has 1 saturated heterocycles. The molecule has 1 aromatic carbocycles. The van der Waals surface area contributed by atoms with Crippen LogP contribution in [0.5, 0.6) is 0 Å². The fraction of sp³-hybridized carbons (Fsp3) is 0.500. The van der Waals surface area contributed by atoms with Crippen LogP contribution in [-0.4, -0.2) is 67.7 Å². The average Bonchev–Trinajstić information content (AvgIpc) is 3.08. The van der Waals surface area contributed by atoms with Crippen LogP contribution in [0.2, 0.25) is 0 Å². The van der Waals surface area contributed by atoms with Crippen LogP contribution >= 0.6 is 21.6 Å². The Bertz CT molecular complexity index is 982. The number of carbonyl (C=O) groups is 1. The normalized spacial score (nSPS) is 22.9. The topological polar surface area (TPSA) is 123 Å². The molecule has 33 heavy (non-hydrogen) atoms. The van der Waals surface area contributed by atoms with Crippen LogP contribution in [-0.2, 0) is 9.47 Å². The van der Waals surface area contributed by atoms with Gasteiger partial charge in [-0.25, -0.2) is 4.79 Å². The van der Waals surface area contributed by atoms with Gasteiger partial charge < -0.3 is 25.0 Å². The minimum Gasteiger partial charge on any atom is -0.394 e. The monoisotopic (exact) mass is 495 g/mol. The molecule has 3 rings (SSSR count). The summed E-state index contributed by atoms with van der Waals surface area (Å²) >= 11 is 0. The van der Waals surface area contributed by atoms with E-state index in [-0.39, 0.29) is 16.5 Å². The van der Waals surface area contributed by atoms with Crippen molar-refractivity contribution in [1.82, 2.24) is 9.55 Å². The van der Waals surface area contributed by atoms with Crippen molar-refractivity contribution in [3.05, 3.63) is 58.6 Å². The van der Waals surface area contributed by atoms with E-state index in [4.69, 9.17) is 9.47 Å². The van der Waals surface area contributed by atoms with E-state index in [0.29, 0.717) is 17.9 Å². The van der Waals surface area contributed by atoms with Crippen LogP contribution in [0.3, 0.4) is 0 Å². The zero-order valence-corrected chi connectivity index (χ0v) is 20.3. The number of hydrogen-bond donors (Lipinski definition) is 3. The Hall–Kier alpha value is -1.89. The molecule has 0 radical (unpaired) electrons. The second kappa shape index (κ2) is 11.5. The van der Waals surface area contributed by atoms with E-state index >= 15 is 0 Å². The Morgan fingerprint density at radius 2 is 2.00 bits per heavy atom. The van der Waals surface area contributed by atoms with Gasteiger partial charge in [-0.15, -0.1) is 0 Å². The van der Waals surface area contributed by atoms with E-state index in [1.54, 1.807) is 51.9 Å². The molecule has 180 valence electrons. The average molecular weight is 496 g/mol. The first-order valence-corrected chi connectivity index (χ1v) is 12.8. The first-order chi connectivity index (χ1) is 15.7. The summed E-state index contributed by atoms with van der Waals surface area (Å²) in [6.07, 6.45) is -2.39. The highest BCUT2D eigenvalue weighted by Crippen LogP contribution is 2.35. The lowest BCUT2D eigenvalue weighted by molar-refractivity contribution is -0.0710. The lowest BCUT2D eigenvalue weighted by Crippen LogP contribution is -2.38. The van der Waals surface area contributed by atoms with Gasteiger partial charge in [0.25, 0.3) is 5.91 Å². The number of benzene rings is 1. The minimum atomic E-state index is -1.11.